The van der Waals surface area contributed by atoms with Crippen molar-refractivity contribution in [3.63, 3.8) is 0 Å². The van der Waals surface area contributed by atoms with Crippen molar-refractivity contribution in [3.8, 4) is 11.3 Å². The van der Waals surface area contributed by atoms with Gasteiger partial charge >= 0.3 is 11.9 Å². The molecule has 33 heavy (non-hydrogen) atoms. The summed E-state index contributed by atoms with van der Waals surface area (Å²) in [5.74, 6) is 1.04. The van der Waals surface area contributed by atoms with Crippen molar-refractivity contribution in [2.24, 2.45) is 17.8 Å². The van der Waals surface area contributed by atoms with E-state index in [9.17, 15) is 14.4 Å². The van der Waals surface area contributed by atoms with Gasteiger partial charge in [0.25, 0.3) is 0 Å². The number of carbonyl (C=O) groups excluding carboxylic acids is 3. The molecule has 2 aliphatic carbocycles. The average Bonchev–Trinajstić information content (AvgIpc) is 3.59. The summed E-state index contributed by atoms with van der Waals surface area (Å²) < 4.78 is 12.0. The highest BCUT2D eigenvalue weighted by molar-refractivity contribution is 6.09. The van der Waals surface area contributed by atoms with Crippen molar-refractivity contribution in [1.82, 2.24) is 4.57 Å². The molecule has 1 aromatic carbocycles. The topological polar surface area (TPSA) is 86.6 Å². The van der Waals surface area contributed by atoms with E-state index in [0.717, 1.165) is 35.2 Å². The van der Waals surface area contributed by atoms with E-state index < -0.39 is 11.9 Å². The van der Waals surface area contributed by atoms with Crippen molar-refractivity contribution in [2.75, 3.05) is 19.5 Å². The zero-order valence-electron chi connectivity index (χ0n) is 19.2. The van der Waals surface area contributed by atoms with Crippen LogP contribution in [-0.2, 0) is 27.2 Å². The number of nitrogens with one attached hydrogen (secondary N) is 1. The molecule has 7 heteroatoms. The SMILES string of the molecule is COC(=O)c1c(C(=O)OC)c(-c2ccc(NC(=O)CC3CC4CCC3C4)cc2)n2c1CCC2. The molecular formula is C26H30N2O5. The summed E-state index contributed by atoms with van der Waals surface area (Å²) in [7, 11) is 2.63. The molecule has 1 aromatic heterocycles. The maximum absolute atomic E-state index is 12.7. The lowest BCUT2D eigenvalue weighted by molar-refractivity contribution is -0.117. The van der Waals surface area contributed by atoms with Crippen LogP contribution in [0.3, 0.4) is 0 Å². The molecule has 0 radical (unpaired) electrons. The fraction of sp³-hybridized carbons (Fsp3) is 0.500. The van der Waals surface area contributed by atoms with Crippen LogP contribution < -0.4 is 5.32 Å². The number of hydrogen-bond acceptors (Lipinski definition) is 5. The molecule has 3 unspecified atom stereocenters. The Balaban J connectivity index is 1.39. The molecule has 1 aliphatic heterocycles. The van der Waals surface area contributed by atoms with E-state index in [2.05, 4.69) is 5.32 Å². The van der Waals surface area contributed by atoms with Crippen molar-refractivity contribution < 1.29 is 23.9 Å². The number of amides is 1. The van der Waals surface area contributed by atoms with Gasteiger partial charge in [-0.15, -0.1) is 0 Å². The van der Waals surface area contributed by atoms with Gasteiger partial charge in [-0.3, -0.25) is 4.79 Å². The van der Waals surface area contributed by atoms with E-state index in [1.54, 1.807) is 0 Å². The number of aromatic nitrogens is 1. The largest absolute Gasteiger partial charge is 0.465 e. The van der Waals surface area contributed by atoms with Gasteiger partial charge < -0.3 is 19.4 Å². The average molecular weight is 451 g/mol. The Kier molecular flexibility index (Phi) is 5.72. The van der Waals surface area contributed by atoms with Gasteiger partial charge in [-0.1, -0.05) is 18.6 Å². The fourth-order valence-electron chi connectivity index (χ4n) is 6.29. The lowest BCUT2D eigenvalue weighted by atomic mass is 9.86. The number of rotatable bonds is 6. The summed E-state index contributed by atoms with van der Waals surface area (Å²) in [6.07, 6.45) is 7.27. The molecule has 7 nitrogen and oxygen atoms in total. The number of carbonyl (C=O) groups is 3. The van der Waals surface area contributed by atoms with E-state index >= 15 is 0 Å². The maximum Gasteiger partial charge on any atom is 0.340 e. The Morgan fingerprint density at radius 3 is 2.36 bits per heavy atom. The first-order valence-corrected chi connectivity index (χ1v) is 11.8. The highest BCUT2D eigenvalue weighted by Gasteiger charge is 2.40. The third-order valence-electron chi connectivity index (χ3n) is 7.72. The Morgan fingerprint density at radius 2 is 1.73 bits per heavy atom. The Hall–Kier alpha value is -3.09. The van der Waals surface area contributed by atoms with Crippen molar-refractivity contribution >= 4 is 23.5 Å². The summed E-state index contributed by atoms with van der Waals surface area (Å²) in [5.41, 5.74) is 3.52. The van der Waals surface area contributed by atoms with Gasteiger partial charge in [0.2, 0.25) is 5.91 Å². The van der Waals surface area contributed by atoms with Crippen LogP contribution >= 0.6 is 0 Å². The number of ether oxygens (including phenoxy) is 2. The molecule has 0 saturated heterocycles. The molecule has 2 saturated carbocycles. The zero-order valence-corrected chi connectivity index (χ0v) is 19.2. The molecule has 1 N–H and O–H groups in total. The standard InChI is InChI=1S/C26H30N2O5/c1-32-25(30)22-20-4-3-11-28(20)24(23(22)26(31)33-2)16-7-9-19(10-8-16)27-21(29)14-18-13-15-5-6-17(18)12-15/h7-10,15,17-18H,3-6,11-14H2,1-2H3,(H,27,29). The Morgan fingerprint density at radius 1 is 1.00 bits per heavy atom. The molecule has 2 aromatic rings. The molecule has 174 valence electrons. The number of methoxy groups -OCH3 is 2. The number of fused-ring (bicyclic) bond motifs is 3. The van der Waals surface area contributed by atoms with Crippen LogP contribution in [0.5, 0.6) is 0 Å². The molecule has 3 aliphatic rings. The van der Waals surface area contributed by atoms with Crippen LogP contribution in [0.25, 0.3) is 11.3 Å². The van der Waals surface area contributed by atoms with Crippen LogP contribution in [0, 0.1) is 17.8 Å². The van der Waals surface area contributed by atoms with Crippen LogP contribution in [-0.4, -0.2) is 36.6 Å². The Bertz CT molecular complexity index is 1100. The minimum atomic E-state index is -0.560. The number of esters is 2. The minimum absolute atomic E-state index is 0.0621. The molecule has 2 fully saturated rings. The van der Waals surface area contributed by atoms with Crippen molar-refractivity contribution in [3.05, 3.63) is 41.1 Å². The van der Waals surface area contributed by atoms with Gasteiger partial charge in [0.15, 0.2) is 0 Å². The normalized spacial score (nSPS) is 22.8. The highest BCUT2D eigenvalue weighted by Crippen LogP contribution is 2.49. The van der Waals surface area contributed by atoms with Crippen LogP contribution in [0.15, 0.2) is 24.3 Å². The van der Waals surface area contributed by atoms with Gasteiger partial charge in [0, 0.05) is 24.3 Å². The fourth-order valence-corrected chi connectivity index (χ4v) is 6.29. The summed E-state index contributed by atoms with van der Waals surface area (Å²) in [5, 5.41) is 3.03. The predicted octanol–water partition coefficient (Wildman–Crippen LogP) is 4.44. The third kappa shape index (κ3) is 3.83. The molecule has 0 spiro atoms. The van der Waals surface area contributed by atoms with E-state index in [0.29, 0.717) is 36.6 Å². The molecule has 5 rings (SSSR count). The Labute approximate surface area is 193 Å². The molecule has 2 bridgehead atoms. The van der Waals surface area contributed by atoms with Crippen LogP contribution in [0.2, 0.25) is 0 Å². The van der Waals surface area contributed by atoms with Gasteiger partial charge in [-0.25, -0.2) is 9.59 Å². The van der Waals surface area contributed by atoms with Crippen molar-refractivity contribution in [1.29, 1.82) is 0 Å². The summed E-state index contributed by atoms with van der Waals surface area (Å²) in [6, 6.07) is 7.45. The van der Waals surface area contributed by atoms with Gasteiger partial charge in [0.05, 0.1) is 25.5 Å². The van der Waals surface area contributed by atoms with Crippen molar-refractivity contribution in [2.45, 2.75) is 51.5 Å². The molecule has 3 atom stereocenters. The first kappa shape index (κ1) is 21.7. The molecule has 1 amide bonds. The zero-order chi connectivity index (χ0) is 23.1. The number of hydrogen-bond donors (Lipinski definition) is 1. The summed E-state index contributed by atoms with van der Waals surface area (Å²) in [6.45, 7) is 0.716. The second-order valence-electron chi connectivity index (χ2n) is 9.55. The van der Waals surface area contributed by atoms with E-state index in [4.69, 9.17) is 9.47 Å². The summed E-state index contributed by atoms with van der Waals surface area (Å²) in [4.78, 5) is 37.8. The maximum atomic E-state index is 12.7. The second kappa shape index (κ2) is 8.69. The first-order valence-electron chi connectivity index (χ1n) is 11.8. The lowest BCUT2D eigenvalue weighted by Gasteiger charge is -2.21. The first-order chi connectivity index (χ1) is 16.0. The van der Waals surface area contributed by atoms with Crippen LogP contribution in [0.4, 0.5) is 5.69 Å². The number of benzene rings is 1. The van der Waals surface area contributed by atoms with Gasteiger partial charge in [0.1, 0.15) is 5.56 Å². The van der Waals surface area contributed by atoms with E-state index in [-0.39, 0.29) is 11.5 Å². The van der Waals surface area contributed by atoms with Gasteiger partial charge in [-0.05, 0) is 67.6 Å². The number of anilines is 1. The molecular weight excluding hydrogens is 420 g/mol. The van der Waals surface area contributed by atoms with E-state index in [1.807, 2.05) is 28.8 Å². The highest BCUT2D eigenvalue weighted by atomic mass is 16.5. The van der Waals surface area contributed by atoms with Crippen LogP contribution in [0.1, 0.15) is 64.9 Å². The smallest absolute Gasteiger partial charge is 0.340 e. The summed E-state index contributed by atoms with van der Waals surface area (Å²) >= 11 is 0. The lowest BCUT2D eigenvalue weighted by Crippen LogP contribution is -2.20. The third-order valence-corrected chi connectivity index (χ3v) is 7.72. The second-order valence-corrected chi connectivity index (χ2v) is 9.55. The minimum Gasteiger partial charge on any atom is -0.465 e. The quantitative estimate of drug-likeness (QED) is 0.658. The monoisotopic (exact) mass is 450 g/mol. The molecule has 2 heterocycles. The predicted molar refractivity (Wildman–Crippen MR) is 123 cm³/mol. The number of nitrogens with zero attached hydrogens (tertiary/aromatic N) is 1. The van der Waals surface area contributed by atoms with Gasteiger partial charge in [-0.2, -0.15) is 0 Å². The van der Waals surface area contributed by atoms with E-state index in [1.165, 1.54) is 39.9 Å².